The predicted molar refractivity (Wildman–Crippen MR) is 98.7 cm³/mol. The van der Waals surface area contributed by atoms with Crippen LogP contribution in [0.4, 0.5) is 11.4 Å². The fourth-order valence-corrected chi connectivity index (χ4v) is 3.15. The average Bonchev–Trinajstić information content (AvgIpc) is 2.61. The lowest BCUT2D eigenvalue weighted by Crippen LogP contribution is -2.16. The van der Waals surface area contributed by atoms with Crippen molar-refractivity contribution in [2.45, 2.75) is 11.4 Å². The van der Waals surface area contributed by atoms with Crippen molar-refractivity contribution in [3.8, 4) is 0 Å². The molecular weight excluding hydrogens is 322 g/mol. The number of anilines is 1. The maximum Gasteiger partial charge on any atom is 0.278 e. The number of hydrogen-bond donors (Lipinski definition) is 0. The number of nitro groups is 1. The predicted octanol–water partition coefficient (Wildman–Crippen LogP) is 4.50. The summed E-state index contributed by atoms with van der Waals surface area (Å²) in [5, 5.41) is 12.6. The van der Waals surface area contributed by atoms with Crippen molar-refractivity contribution in [3.63, 3.8) is 0 Å². The van der Waals surface area contributed by atoms with Crippen molar-refractivity contribution in [2.75, 3.05) is 18.2 Å². The smallest absolute Gasteiger partial charge is 0.278 e. The Morgan fingerprint density at radius 2 is 1.88 bits per heavy atom. The molecule has 0 fully saturated rings. The van der Waals surface area contributed by atoms with Gasteiger partial charge >= 0.3 is 0 Å². The highest BCUT2D eigenvalue weighted by molar-refractivity contribution is 7.98. The molecule has 0 unspecified atom stereocenters. The van der Waals surface area contributed by atoms with Gasteiger partial charge in [-0.2, -0.15) is 0 Å². The van der Waals surface area contributed by atoms with Crippen LogP contribution in [0.15, 0.2) is 59.8 Å². The van der Waals surface area contributed by atoms with Gasteiger partial charge in [-0.25, -0.2) is 0 Å². The third-order valence-corrected chi connectivity index (χ3v) is 4.70. The summed E-state index contributed by atoms with van der Waals surface area (Å²) in [6, 6.07) is 13.6. The summed E-state index contributed by atoms with van der Waals surface area (Å²) in [5.74, 6) is 0. The summed E-state index contributed by atoms with van der Waals surface area (Å²) in [6.45, 7) is 0.726. The second-order valence-electron chi connectivity index (χ2n) is 5.49. The summed E-state index contributed by atoms with van der Waals surface area (Å²) in [5.41, 5.74) is 2.22. The molecule has 122 valence electrons. The zero-order valence-electron chi connectivity index (χ0n) is 13.5. The SMILES string of the molecule is CSc1ccc(CN(C)c2ccc([N+](=O)[O-])c3cnccc23)cc1. The summed E-state index contributed by atoms with van der Waals surface area (Å²) in [6.07, 6.45) is 5.27. The standard InChI is InChI=1S/C18H17N3O2S/c1-20(12-13-3-5-14(24-2)6-4-13)17-7-8-18(21(22)23)16-11-19-10-9-15(16)17/h3-11H,12H2,1-2H3. The fraction of sp³-hybridized carbons (Fsp3) is 0.167. The van der Waals surface area contributed by atoms with Gasteiger partial charge in [0, 0.05) is 48.0 Å². The third kappa shape index (κ3) is 3.19. The third-order valence-electron chi connectivity index (χ3n) is 3.96. The molecule has 0 saturated heterocycles. The van der Waals surface area contributed by atoms with Gasteiger partial charge in [0.05, 0.1) is 10.3 Å². The Morgan fingerprint density at radius 3 is 2.54 bits per heavy atom. The fourth-order valence-electron chi connectivity index (χ4n) is 2.74. The van der Waals surface area contributed by atoms with Gasteiger partial charge < -0.3 is 4.90 Å². The molecule has 24 heavy (non-hydrogen) atoms. The van der Waals surface area contributed by atoms with E-state index in [1.807, 2.05) is 13.1 Å². The minimum absolute atomic E-state index is 0.0829. The van der Waals surface area contributed by atoms with Crippen LogP contribution in [0.2, 0.25) is 0 Å². The normalized spacial score (nSPS) is 10.8. The van der Waals surface area contributed by atoms with Crippen LogP contribution in [0, 0.1) is 10.1 Å². The molecule has 2 aromatic carbocycles. The van der Waals surface area contributed by atoms with Crippen LogP contribution >= 0.6 is 11.8 Å². The molecule has 5 nitrogen and oxygen atoms in total. The number of hydrogen-bond acceptors (Lipinski definition) is 5. The van der Waals surface area contributed by atoms with Crippen molar-refractivity contribution in [1.82, 2.24) is 4.98 Å². The molecule has 3 rings (SSSR count). The first-order valence-corrected chi connectivity index (χ1v) is 8.68. The zero-order valence-corrected chi connectivity index (χ0v) is 14.3. The van der Waals surface area contributed by atoms with Gasteiger partial charge in [-0.15, -0.1) is 11.8 Å². The molecule has 0 N–H and O–H groups in total. The first-order chi connectivity index (χ1) is 11.6. The molecule has 0 aliphatic carbocycles. The van der Waals surface area contributed by atoms with E-state index in [1.54, 1.807) is 36.3 Å². The lowest BCUT2D eigenvalue weighted by Gasteiger charge is -2.21. The van der Waals surface area contributed by atoms with Crippen LogP contribution in [-0.4, -0.2) is 23.2 Å². The van der Waals surface area contributed by atoms with Crippen molar-refractivity contribution >= 4 is 33.9 Å². The maximum atomic E-state index is 11.2. The van der Waals surface area contributed by atoms with Crippen molar-refractivity contribution in [1.29, 1.82) is 0 Å². The molecule has 1 aromatic heterocycles. The number of aromatic nitrogens is 1. The van der Waals surface area contributed by atoms with E-state index in [-0.39, 0.29) is 10.6 Å². The zero-order chi connectivity index (χ0) is 17.1. The molecule has 0 radical (unpaired) electrons. The molecule has 0 aliphatic rings. The van der Waals surface area contributed by atoms with Gasteiger partial charge in [0.15, 0.2) is 0 Å². The molecule has 0 bridgehead atoms. The Hall–Kier alpha value is -2.60. The Balaban J connectivity index is 1.96. The Bertz CT molecular complexity index is 881. The second-order valence-corrected chi connectivity index (χ2v) is 6.37. The molecule has 6 heteroatoms. The molecular formula is C18H17N3O2S. The molecule has 0 atom stereocenters. The Kier molecular flexibility index (Phi) is 4.66. The first kappa shape index (κ1) is 16.3. The highest BCUT2D eigenvalue weighted by Gasteiger charge is 2.16. The number of thioether (sulfide) groups is 1. The van der Waals surface area contributed by atoms with Crippen LogP contribution in [-0.2, 0) is 6.54 Å². The highest BCUT2D eigenvalue weighted by Crippen LogP contribution is 2.33. The van der Waals surface area contributed by atoms with Gasteiger partial charge in [-0.1, -0.05) is 12.1 Å². The van der Waals surface area contributed by atoms with Crippen LogP contribution in [0.25, 0.3) is 10.8 Å². The average molecular weight is 339 g/mol. The van der Waals surface area contributed by atoms with Crippen molar-refractivity contribution < 1.29 is 4.92 Å². The van der Waals surface area contributed by atoms with E-state index < -0.39 is 0 Å². The number of nitro benzene ring substituents is 1. The lowest BCUT2D eigenvalue weighted by molar-refractivity contribution is -0.383. The van der Waals surface area contributed by atoms with E-state index in [2.05, 4.69) is 40.4 Å². The number of fused-ring (bicyclic) bond motifs is 1. The van der Waals surface area contributed by atoms with Gasteiger partial charge in [0.25, 0.3) is 5.69 Å². The van der Waals surface area contributed by atoms with E-state index in [4.69, 9.17) is 0 Å². The van der Waals surface area contributed by atoms with E-state index in [1.165, 1.54) is 10.5 Å². The summed E-state index contributed by atoms with van der Waals surface area (Å²) in [4.78, 5) is 18.2. The number of benzene rings is 2. The van der Waals surface area contributed by atoms with E-state index in [9.17, 15) is 10.1 Å². The number of pyridine rings is 1. The highest BCUT2D eigenvalue weighted by atomic mass is 32.2. The van der Waals surface area contributed by atoms with Gasteiger partial charge in [-0.3, -0.25) is 15.1 Å². The van der Waals surface area contributed by atoms with Crippen LogP contribution < -0.4 is 4.90 Å². The minimum Gasteiger partial charge on any atom is -0.370 e. The van der Waals surface area contributed by atoms with Gasteiger partial charge in [-0.05, 0) is 36.1 Å². The number of rotatable bonds is 5. The van der Waals surface area contributed by atoms with E-state index in [0.29, 0.717) is 5.39 Å². The summed E-state index contributed by atoms with van der Waals surface area (Å²) in [7, 11) is 1.99. The molecule has 3 aromatic rings. The Labute approximate surface area is 144 Å². The lowest BCUT2D eigenvalue weighted by atomic mass is 10.1. The Morgan fingerprint density at radius 1 is 1.12 bits per heavy atom. The van der Waals surface area contributed by atoms with E-state index >= 15 is 0 Å². The van der Waals surface area contributed by atoms with Crippen molar-refractivity contribution in [2.24, 2.45) is 0 Å². The van der Waals surface area contributed by atoms with Crippen LogP contribution in [0.1, 0.15) is 5.56 Å². The quantitative estimate of drug-likeness (QED) is 0.389. The summed E-state index contributed by atoms with van der Waals surface area (Å²) >= 11 is 1.71. The maximum absolute atomic E-state index is 11.2. The van der Waals surface area contributed by atoms with Gasteiger partial charge in [0.2, 0.25) is 0 Å². The minimum atomic E-state index is -0.366. The second kappa shape index (κ2) is 6.88. The largest absolute Gasteiger partial charge is 0.370 e. The van der Waals surface area contributed by atoms with Crippen LogP contribution in [0.5, 0.6) is 0 Å². The molecule has 0 amide bonds. The van der Waals surface area contributed by atoms with Gasteiger partial charge in [0.1, 0.15) is 0 Å². The topological polar surface area (TPSA) is 59.3 Å². The molecule has 0 saturated carbocycles. The monoisotopic (exact) mass is 339 g/mol. The number of non-ortho nitro benzene ring substituents is 1. The van der Waals surface area contributed by atoms with E-state index in [0.717, 1.165) is 17.6 Å². The van der Waals surface area contributed by atoms with Crippen LogP contribution in [0.3, 0.4) is 0 Å². The molecule has 0 spiro atoms. The molecule has 0 aliphatic heterocycles. The first-order valence-electron chi connectivity index (χ1n) is 7.45. The molecule has 1 heterocycles. The van der Waals surface area contributed by atoms with Crippen molar-refractivity contribution in [3.05, 3.63) is 70.5 Å². The summed E-state index contributed by atoms with van der Waals surface area (Å²) < 4.78 is 0. The number of nitrogens with zero attached hydrogens (tertiary/aromatic N) is 3.